The maximum absolute atomic E-state index is 13.1. The molecule has 0 aliphatic rings. The minimum absolute atomic E-state index is 0.0848. The first-order valence-electron chi connectivity index (χ1n) is 9.70. The number of hydrogen-bond acceptors (Lipinski definition) is 4. The summed E-state index contributed by atoms with van der Waals surface area (Å²) in [6.07, 6.45) is 1.70. The molecule has 0 atom stereocenters. The molecule has 0 saturated carbocycles. The second-order valence-electron chi connectivity index (χ2n) is 8.20. The van der Waals surface area contributed by atoms with Crippen LogP contribution in [0.4, 0.5) is 0 Å². The zero-order valence-corrected chi connectivity index (χ0v) is 18.5. The van der Waals surface area contributed by atoms with E-state index in [2.05, 4.69) is 75.1 Å². The Hall–Kier alpha value is -2.60. The molecule has 1 amide bonds. The zero-order valence-electron chi connectivity index (χ0n) is 17.7. The van der Waals surface area contributed by atoms with E-state index in [0.717, 1.165) is 22.0 Å². The van der Waals surface area contributed by atoms with Gasteiger partial charge in [-0.05, 0) is 51.8 Å². The van der Waals surface area contributed by atoms with Crippen molar-refractivity contribution >= 4 is 17.7 Å². The fourth-order valence-electron chi connectivity index (χ4n) is 3.23. The Kier molecular flexibility index (Phi) is 6.42. The SMILES string of the molecule is Cc1ccc(-n2cnnc2SCC(=O)N(Cc2ccccc2)C(C)(C)C)c(C)c1. The lowest BCUT2D eigenvalue weighted by Crippen LogP contribution is -2.45. The summed E-state index contributed by atoms with van der Waals surface area (Å²) in [6.45, 7) is 10.9. The third kappa shape index (κ3) is 5.26. The van der Waals surface area contributed by atoms with Gasteiger partial charge in [-0.15, -0.1) is 10.2 Å². The van der Waals surface area contributed by atoms with Gasteiger partial charge in [0, 0.05) is 12.1 Å². The zero-order chi connectivity index (χ0) is 21.0. The number of nitrogens with zero attached hydrogens (tertiary/aromatic N) is 4. The second kappa shape index (κ2) is 8.82. The highest BCUT2D eigenvalue weighted by Crippen LogP contribution is 2.25. The number of rotatable bonds is 6. The first-order valence-corrected chi connectivity index (χ1v) is 10.7. The Morgan fingerprint density at radius 3 is 2.48 bits per heavy atom. The minimum Gasteiger partial charge on any atom is -0.333 e. The van der Waals surface area contributed by atoms with Crippen molar-refractivity contribution in [2.75, 3.05) is 5.75 Å². The van der Waals surface area contributed by atoms with Crippen LogP contribution in [0.25, 0.3) is 5.69 Å². The summed E-state index contributed by atoms with van der Waals surface area (Å²) in [4.78, 5) is 15.0. The molecule has 3 aromatic rings. The van der Waals surface area contributed by atoms with Gasteiger partial charge in [-0.25, -0.2) is 0 Å². The van der Waals surface area contributed by atoms with Crippen molar-refractivity contribution in [2.45, 2.75) is 51.9 Å². The molecule has 1 aromatic heterocycles. The Morgan fingerprint density at radius 1 is 1.10 bits per heavy atom. The predicted octanol–water partition coefficient (Wildman–Crippen LogP) is 4.80. The van der Waals surface area contributed by atoms with Crippen LogP contribution in [0, 0.1) is 13.8 Å². The van der Waals surface area contributed by atoms with E-state index < -0.39 is 0 Å². The maximum atomic E-state index is 13.1. The topological polar surface area (TPSA) is 51.0 Å². The summed E-state index contributed by atoms with van der Waals surface area (Å²) in [7, 11) is 0. The standard InChI is InChI=1S/C23H28N4OS/c1-17-11-12-20(18(2)13-17)26-16-24-25-22(26)29-15-21(28)27(23(3,4)5)14-19-9-7-6-8-10-19/h6-13,16H,14-15H2,1-5H3. The Balaban J connectivity index is 1.75. The molecule has 0 spiro atoms. The molecule has 6 heteroatoms. The summed E-state index contributed by atoms with van der Waals surface area (Å²) < 4.78 is 1.95. The van der Waals surface area contributed by atoms with E-state index in [1.807, 2.05) is 27.7 Å². The molecule has 0 bridgehead atoms. The predicted molar refractivity (Wildman–Crippen MR) is 118 cm³/mol. The van der Waals surface area contributed by atoms with Crippen LogP contribution in [-0.4, -0.2) is 36.9 Å². The first kappa shape index (κ1) is 21.1. The van der Waals surface area contributed by atoms with Gasteiger partial charge in [0.15, 0.2) is 5.16 Å². The van der Waals surface area contributed by atoms with Crippen LogP contribution < -0.4 is 0 Å². The molecule has 152 valence electrons. The molecule has 0 radical (unpaired) electrons. The lowest BCUT2D eigenvalue weighted by atomic mass is 10.0. The van der Waals surface area contributed by atoms with Gasteiger partial charge in [0.05, 0.1) is 11.4 Å². The second-order valence-corrected chi connectivity index (χ2v) is 9.14. The van der Waals surface area contributed by atoms with E-state index in [1.54, 1.807) is 6.33 Å². The fourth-order valence-corrected chi connectivity index (χ4v) is 4.03. The van der Waals surface area contributed by atoms with Crippen LogP contribution >= 0.6 is 11.8 Å². The summed E-state index contributed by atoms with van der Waals surface area (Å²) in [6, 6.07) is 16.4. The van der Waals surface area contributed by atoms with Crippen molar-refractivity contribution < 1.29 is 4.79 Å². The van der Waals surface area contributed by atoms with Crippen molar-refractivity contribution in [3.8, 4) is 5.69 Å². The third-order valence-corrected chi connectivity index (χ3v) is 5.68. The van der Waals surface area contributed by atoms with Gasteiger partial charge >= 0.3 is 0 Å². The lowest BCUT2D eigenvalue weighted by Gasteiger charge is -2.36. The van der Waals surface area contributed by atoms with Gasteiger partial charge in [0.25, 0.3) is 0 Å². The van der Waals surface area contributed by atoms with Crippen LogP contribution in [0.1, 0.15) is 37.5 Å². The van der Waals surface area contributed by atoms with Gasteiger partial charge < -0.3 is 4.90 Å². The molecule has 1 heterocycles. The van der Waals surface area contributed by atoms with Gasteiger partial charge in [-0.3, -0.25) is 9.36 Å². The van der Waals surface area contributed by atoms with Crippen LogP contribution in [0.15, 0.2) is 60.0 Å². The van der Waals surface area contributed by atoms with Crippen molar-refractivity contribution in [2.24, 2.45) is 0 Å². The van der Waals surface area contributed by atoms with E-state index in [9.17, 15) is 4.79 Å². The number of carbonyl (C=O) groups is 1. The molecule has 0 N–H and O–H groups in total. The fraction of sp³-hybridized carbons (Fsp3) is 0.348. The molecular weight excluding hydrogens is 380 g/mol. The summed E-state index contributed by atoms with van der Waals surface area (Å²) >= 11 is 1.42. The number of aromatic nitrogens is 3. The van der Waals surface area contributed by atoms with Gasteiger partial charge in [-0.1, -0.05) is 59.8 Å². The number of thioether (sulfide) groups is 1. The molecule has 2 aromatic carbocycles. The lowest BCUT2D eigenvalue weighted by molar-refractivity contribution is -0.133. The molecular formula is C23H28N4OS. The molecule has 0 aliphatic heterocycles. The summed E-state index contributed by atoms with van der Waals surface area (Å²) in [5.41, 5.74) is 4.25. The van der Waals surface area contributed by atoms with Crippen molar-refractivity contribution in [1.82, 2.24) is 19.7 Å². The quantitative estimate of drug-likeness (QED) is 0.550. The highest BCUT2D eigenvalue weighted by Gasteiger charge is 2.27. The number of aryl methyl sites for hydroxylation is 2. The van der Waals surface area contributed by atoms with Crippen molar-refractivity contribution in [3.05, 3.63) is 71.5 Å². The first-order chi connectivity index (χ1) is 13.8. The van der Waals surface area contributed by atoms with Gasteiger partial charge in [-0.2, -0.15) is 0 Å². The molecule has 0 fully saturated rings. The van der Waals surface area contributed by atoms with Crippen LogP contribution in [0.5, 0.6) is 0 Å². The molecule has 5 nitrogen and oxygen atoms in total. The average Bonchev–Trinajstić information content (AvgIpc) is 3.12. The number of hydrogen-bond donors (Lipinski definition) is 0. The summed E-state index contributed by atoms with van der Waals surface area (Å²) in [5, 5.41) is 9.03. The van der Waals surface area contributed by atoms with Crippen LogP contribution in [-0.2, 0) is 11.3 Å². The van der Waals surface area contributed by atoms with E-state index in [4.69, 9.17) is 0 Å². The average molecular weight is 409 g/mol. The van der Waals surface area contributed by atoms with Crippen LogP contribution in [0.3, 0.4) is 0 Å². The largest absolute Gasteiger partial charge is 0.333 e. The van der Waals surface area contributed by atoms with Crippen molar-refractivity contribution in [1.29, 1.82) is 0 Å². The molecule has 0 saturated heterocycles. The van der Waals surface area contributed by atoms with Crippen LogP contribution in [0.2, 0.25) is 0 Å². The number of benzene rings is 2. The van der Waals surface area contributed by atoms with Crippen molar-refractivity contribution in [3.63, 3.8) is 0 Å². The minimum atomic E-state index is -0.269. The molecule has 29 heavy (non-hydrogen) atoms. The Morgan fingerprint density at radius 2 is 1.83 bits per heavy atom. The Bertz CT molecular complexity index is 976. The van der Waals surface area contributed by atoms with E-state index in [0.29, 0.717) is 12.3 Å². The molecule has 3 rings (SSSR count). The molecule has 0 aliphatic carbocycles. The third-order valence-electron chi connectivity index (χ3n) is 4.75. The monoisotopic (exact) mass is 408 g/mol. The Labute approximate surface area is 177 Å². The molecule has 0 unspecified atom stereocenters. The maximum Gasteiger partial charge on any atom is 0.233 e. The smallest absolute Gasteiger partial charge is 0.233 e. The number of amides is 1. The van der Waals surface area contributed by atoms with E-state index in [1.165, 1.54) is 17.3 Å². The number of carbonyl (C=O) groups excluding carboxylic acids is 1. The normalized spacial score (nSPS) is 11.5. The summed E-state index contributed by atoms with van der Waals surface area (Å²) in [5.74, 6) is 0.398. The van der Waals surface area contributed by atoms with Gasteiger partial charge in [0.2, 0.25) is 5.91 Å². The highest BCUT2D eigenvalue weighted by atomic mass is 32.2. The van der Waals surface area contributed by atoms with Gasteiger partial charge in [0.1, 0.15) is 6.33 Å². The van der Waals surface area contributed by atoms with E-state index in [-0.39, 0.29) is 11.4 Å². The van der Waals surface area contributed by atoms with E-state index >= 15 is 0 Å². The highest BCUT2D eigenvalue weighted by molar-refractivity contribution is 7.99.